The molecule has 0 spiro atoms. The van der Waals surface area contributed by atoms with Crippen LogP contribution in [0.15, 0.2) is 18.3 Å². The van der Waals surface area contributed by atoms with Crippen LogP contribution < -0.4 is 11.1 Å². The number of anilines is 1. The summed E-state index contributed by atoms with van der Waals surface area (Å²) in [6, 6.07) is 4.03. The Hall–Kier alpha value is -2.30. The van der Waals surface area contributed by atoms with E-state index < -0.39 is 0 Å². The average Bonchev–Trinajstić information content (AvgIpc) is 2.66. The molecule has 2 rings (SSSR count). The van der Waals surface area contributed by atoms with E-state index in [9.17, 15) is 4.79 Å². The van der Waals surface area contributed by atoms with Crippen molar-refractivity contribution in [3.8, 4) is 0 Å². The first kappa shape index (κ1) is 14.1. The molecule has 20 heavy (non-hydrogen) atoms. The first-order valence-corrected chi connectivity index (χ1v) is 6.52. The number of amides is 1. The lowest BCUT2D eigenvalue weighted by molar-refractivity contribution is 0.0950. The first-order chi connectivity index (χ1) is 9.40. The van der Waals surface area contributed by atoms with E-state index >= 15 is 0 Å². The third-order valence-electron chi connectivity index (χ3n) is 3.41. The van der Waals surface area contributed by atoms with Crippen molar-refractivity contribution in [1.82, 2.24) is 15.1 Å². The van der Waals surface area contributed by atoms with Crippen LogP contribution in [-0.4, -0.2) is 15.7 Å². The summed E-state index contributed by atoms with van der Waals surface area (Å²) < 4.78 is 1.59. The second-order valence-electron chi connectivity index (χ2n) is 5.14. The van der Waals surface area contributed by atoms with Gasteiger partial charge in [-0.1, -0.05) is 17.7 Å². The van der Waals surface area contributed by atoms with Crippen molar-refractivity contribution < 1.29 is 4.79 Å². The smallest absolute Gasteiger partial charge is 0.252 e. The van der Waals surface area contributed by atoms with Gasteiger partial charge in [0.1, 0.15) is 5.82 Å². The van der Waals surface area contributed by atoms with Gasteiger partial charge in [0.05, 0.1) is 6.20 Å². The number of nitrogens with zero attached hydrogens (tertiary/aromatic N) is 2. The number of nitrogen functional groups attached to an aromatic ring is 1. The van der Waals surface area contributed by atoms with E-state index in [0.29, 0.717) is 12.4 Å². The van der Waals surface area contributed by atoms with Crippen LogP contribution >= 0.6 is 0 Å². The molecule has 1 aromatic carbocycles. The van der Waals surface area contributed by atoms with Crippen molar-refractivity contribution >= 4 is 11.7 Å². The Morgan fingerprint density at radius 2 is 1.90 bits per heavy atom. The van der Waals surface area contributed by atoms with E-state index in [1.807, 2.05) is 32.9 Å². The molecule has 0 unspecified atom stereocenters. The number of hydrogen-bond donors (Lipinski definition) is 2. The number of nitrogens with two attached hydrogens (primary N) is 1. The molecule has 2 aromatic rings. The largest absolute Gasteiger partial charge is 0.384 e. The van der Waals surface area contributed by atoms with Crippen LogP contribution in [0.5, 0.6) is 0 Å². The number of benzene rings is 1. The third kappa shape index (κ3) is 2.66. The minimum Gasteiger partial charge on any atom is -0.384 e. The van der Waals surface area contributed by atoms with Crippen molar-refractivity contribution in [3.63, 3.8) is 0 Å². The van der Waals surface area contributed by atoms with Crippen molar-refractivity contribution in [2.24, 2.45) is 7.05 Å². The SMILES string of the molecule is Cc1cc(C)c(C(=O)NCc2cnn(C)c2N)c(C)c1. The summed E-state index contributed by atoms with van der Waals surface area (Å²) in [5, 5.41) is 6.95. The van der Waals surface area contributed by atoms with E-state index in [2.05, 4.69) is 10.4 Å². The second-order valence-corrected chi connectivity index (χ2v) is 5.14. The molecular formula is C15H20N4O. The molecule has 0 aliphatic carbocycles. The van der Waals surface area contributed by atoms with E-state index in [0.717, 1.165) is 27.8 Å². The molecule has 1 aromatic heterocycles. The Morgan fingerprint density at radius 3 is 2.40 bits per heavy atom. The standard InChI is InChI=1S/C15H20N4O/c1-9-5-10(2)13(11(3)6-9)15(20)17-7-12-8-18-19(4)14(12)16/h5-6,8H,7,16H2,1-4H3,(H,17,20). The molecular weight excluding hydrogens is 252 g/mol. The van der Waals surface area contributed by atoms with E-state index in [4.69, 9.17) is 5.73 Å². The lowest BCUT2D eigenvalue weighted by Crippen LogP contribution is -2.25. The van der Waals surface area contributed by atoms with Crippen molar-refractivity contribution in [2.45, 2.75) is 27.3 Å². The zero-order valence-electron chi connectivity index (χ0n) is 12.3. The Bertz CT molecular complexity index is 635. The van der Waals surface area contributed by atoms with Gasteiger partial charge in [-0.15, -0.1) is 0 Å². The second kappa shape index (κ2) is 5.36. The fourth-order valence-corrected chi connectivity index (χ4v) is 2.43. The monoisotopic (exact) mass is 272 g/mol. The lowest BCUT2D eigenvalue weighted by Gasteiger charge is -2.11. The molecule has 0 radical (unpaired) electrons. The highest BCUT2D eigenvalue weighted by Gasteiger charge is 2.13. The van der Waals surface area contributed by atoms with Crippen molar-refractivity contribution in [3.05, 3.63) is 46.1 Å². The van der Waals surface area contributed by atoms with Gasteiger partial charge in [-0.25, -0.2) is 0 Å². The van der Waals surface area contributed by atoms with Gasteiger partial charge in [-0.3, -0.25) is 9.48 Å². The van der Waals surface area contributed by atoms with Crippen molar-refractivity contribution in [1.29, 1.82) is 0 Å². The molecule has 0 aliphatic heterocycles. The van der Waals surface area contributed by atoms with E-state index in [1.165, 1.54) is 0 Å². The first-order valence-electron chi connectivity index (χ1n) is 6.52. The molecule has 5 heteroatoms. The molecule has 0 saturated carbocycles. The zero-order chi connectivity index (χ0) is 14.9. The van der Waals surface area contributed by atoms with Crippen LogP contribution in [0.3, 0.4) is 0 Å². The van der Waals surface area contributed by atoms with Crippen molar-refractivity contribution in [2.75, 3.05) is 5.73 Å². The Morgan fingerprint density at radius 1 is 1.30 bits per heavy atom. The van der Waals surface area contributed by atoms with Gasteiger partial charge in [0.2, 0.25) is 0 Å². The van der Waals surface area contributed by atoms with Gasteiger partial charge in [0.15, 0.2) is 0 Å². The summed E-state index contributed by atoms with van der Waals surface area (Å²) in [6.07, 6.45) is 1.67. The fourth-order valence-electron chi connectivity index (χ4n) is 2.43. The number of aryl methyl sites for hydroxylation is 4. The van der Waals surface area contributed by atoms with Gasteiger partial charge >= 0.3 is 0 Å². The number of aromatic nitrogens is 2. The molecule has 1 amide bonds. The van der Waals surface area contributed by atoms with Crippen LogP contribution in [0.4, 0.5) is 5.82 Å². The predicted octanol–water partition coefficient (Wildman–Crippen LogP) is 1.86. The Labute approximate surface area is 118 Å². The number of rotatable bonds is 3. The summed E-state index contributed by atoms with van der Waals surface area (Å²) in [7, 11) is 1.77. The average molecular weight is 272 g/mol. The maximum absolute atomic E-state index is 12.3. The van der Waals surface area contributed by atoms with Gasteiger partial charge in [0.25, 0.3) is 5.91 Å². The van der Waals surface area contributed by atoms with Gasteiger partial charge in [-0.05, 0) is 31.9 Å². The van der Waals surface area contributed by atoms with Crippen LogP contribution in [-0.2, 0) is 13.6 Å². The fraction of sp³-hybridized carbons (Fsp3) is 0.333. The normalized spacial score (nSPS) is 10.6. The van der Waals surface area contributed by atoms with Gasteiger partial charge in [0, 0.05) is 24.7 Å². The lowest BCUT2D eigenvalue weighted by atomic mass is 9.99. The van der Waals surface area contributed by atoms with Crippen LogP contribution in [0, 0.1) is 20.8 Å². The molecule has 1 heterocycles. The summed E-state index contributed by atoms with van der Waals surface area (Å²) >= 11 is 0. The number of carbonyl (C=O) groups excluding carboxylic acids is 1. The molecule has 0 atom stereocenters. The maximum atomic E-state index is 12.3. The molecule has 5 nitrogen and oxygen atoms in total. The molecule has 0 saturated heterocycles. The quantitative estimate of drug-likeness (QED) is 0.895. The Balaban J connectivity index is 2.15. The molecule has 0 aliphatic rings. The molecule has 106 valence electrons. The highest BCUT2D eigenvalue weighted by Crippen LogP contribution is 2.17. The molecule has 0 fully saturated rings. The number of carbonyl (C=O) groups is 1. The molecule has 3 N–H and O–H groups in total. The maximum Gasteiger partial charge on any atom is 0.252 e. The van der Waals surface area contributed by atoms with Crippen LogP contribution in [0.1, 0.15) is 32.6 Å². The summed E-state index contributed by atoms with van der Waals surface area (Å²) in [4.78, 5) is 12.3. The predicted molar refractivity (Wildman–Crippen MR) is 79.4 cm³/mol. The topological polar surface area (TPSA) is 72.9 Å². The van der Waals surface area contributed by atoms with E-state index in [-0.39, 0.29) is 5.91 Å². The minimum atomic E-state index is -0.0803. The minimum absolute atomic E-state index is 0.0803. The van der Waals surface area contributed by atoms with Crippen LogP contribution in [0.25, 0.3) is 0 Å². The molecule has 0 bridgehead atoms. The van der Waals surface area contributed by atoms with Gasteiger partial charge in [-0.2, -0.15) is 5.10 Å². The summed E-state index contributed by atoms with van der Waals surface area (Å²) in [5.74, 6) is 0.492. The highest BCUT2D eigenvalue weighted by molar-refractivity contribution is 5.97. The highest BCUT2D eigenvalue weighted by atomic mass is 16.1. The number of nitrogens with one attached hydrogen (secondary N) is 1. The van der Waals surface area contributed by atoms with E-state index in [1.54, 1.807) is 17.9 Å². The number of hydrogen-bond acceptors (Lipinski definition) is 3. The van der Waals surface area contributed by atoms with Gasteiger partial charge < -0.3 is 11.1 Å². The summed E-state index contributed by atoms with van der Waals surface area (Å²) in [5.41, 5.74) is 10.5. The zero-order valence-corrected chi connectivity index (χ0v) is 12.3. The third-order valence-corrected chi connectivity index (χ3v) is 3.41. The summed E-state index contributed by atoms with van der Waals surface area (Å²) in [6.45, 7) is 6.31. The van der Waals surface area contributed by atoms with Crippen LogP contribution in [0.2, 0.25) is 0 Å². The Kier molecular flexibility index (Phi) is 3.79.